The largest absolute Gasteiger partial charge is 0.395 e. The van der Waals surface area contributed by atoms with Crippen LogP contribution in [0.2, 0.25) is 0 Å². The third-order valence-corrected chi connectivity index (χ3v) is 3.53. The molecule has 0 saturated carbocycles. The fourth-order valence-electron chi connectivity index (χ4n) is 1.59. The van der Waals surface area contributed by atoms with Gasteiger partial charge in [-0.05, 0) is 36.0 Å². The smallest absolute Gasteiger partial charge is 0.200 e. The van der Waals surface area contributed by atoms with Gasteiger partial charge in [0, 0.05) is 11.1 Å². The third-order valence-electron chi connectivity index (χ3n) is 2.50. The molecule has 0 bridgehead atoms. The summed E-state index contributed by atoms with van der Waals surface area (Å²) in [4.78, 5) is 0.633. The Hall–Kier alpha value is -2.08. The van der Waals surface area contributed by atoms with Crippen LogP contribution < -0.4 is 5.73 Å². The van der Waals surface area contributed by atoms with Crippen LogP contribution in [0.4, 0.5) is 10.1 Å². The number of nitrogen functional groups attached to an aromatic ring is 1. The van der Waals surface area contributed by atoms with Crippen LogP contribution in [-0.2, 0) is 0 Å². The van der Waals surface area contributed by atoms with Gasteiger partial charge in [0.1, 0.15) is 5.82 Å². The highest BCUT2D eigenvalue weighted by Crippen LogP contribution is 2.32. The molecule has 6 heteroatoms. The van der Waals surface area contributed by atoms with E-state index >= 15 is 0 Å². The fraction of sp³-hybridized carbons (Fsp3) is 0. The Morgan fingerprint density at radius 3 is 2.89 bits per heavy atom. The van der Waals surface area contributed by atoms with Crippen molar-refractivity contribution in [3.05, 3.63) is 48.4 Å². The van der Waals surface area contributed by atoms with E-state index in [-0.39, 0.29) is 5.69 Å². The number of hydrogen-bond donors (Lipinski definition) is 1. The van der Waals surface area contributed by atoms with Gasteiger partial charge in [0.25, 0.3) is 0 Å². The number of fused-ring (bicyclic) bond motifs is 1. The predicted octanol–water partition coefficient (Wildman–Crippen LogP) is 2.60. The van der Waals surface area contributed by atoms with Gasteiger partial charge in [0.15, 0.2) is 5.65 Å². The number of halogens is 1. The lowest BCUT2D eigenvalue weighted by Gasteiger charge is -2.04. The summed E-state index contributed by atoms with van der Waals surface area (Å²) in [5.74, 6) is -0.422. The average molecular weight is 260 g/mol. The SMILES string of the molecule is Nc1c(F)cccc1Sc1nnc2ccccn12. The van der Waals surface area contributed by atoms with Crippen molar-refractivity contribution in [1.82, 2.24) is 14.6 Å². The molecule has 2 N–H and O–H groups in total. The van der Waals surface area contributed by atoms with E-state index in [0.717, 1.165) is 5.65 Å². The highest BCUT2D eigenvalue weighted by atomic mass is 32.2. The summed E-state index contributed by atoms with van der Waals surface area (Å²) in [5, 5.41) is 8.74. The van der Waals surface area contributed by atoms with Gasteiger partial charge in [0.05, 0.1) is 5.69 Å². The predicted molar refractivity (Wildman–Crippen MR) is 67.9 cm³/mol. The van der Waals surface area contributed by atoms with Gasteiger partial charge >= 0.3 is 0 Å². The molecule has 3 rings (SSSR count). The van der Waals surface area contributed by atoms with Gasteiger partial charge in [-0.3, -0.25) is 4.40 Å². The van der Waals surface area contributed by atoms with E-state index in [1.807, 2.05) is 28.8 Å². The van der Waals surface area contributed by atoms with Gasteiger partial charge in [-0.1, -0.05) is 12.1 Å². The maximum atomic E-state index is 13.3. The molecule has 1 aromatic carbocycles. The van der Waals surface area contributed by atoms with E-state index < -0.39 is 5.82 Å². The van der Waals surface area contributed by atoms with Crippen molar-refractivity contribution in [2.75, 3.05) is 5.73 Å². The van der Waals surface area contributed by atoms with Crippen molar-refractivity contribution in [1.29, 1.82) is 0 Å². The third kappa shape index (κ3) is 1.80. The van der Waals surface area contributed by atoms with Crippen LogP contribution in [0.5, 0.6) is 0 Å². The molecule has 0 fully saturated rings. The van der Waals surface area contributed by atoms with Gasteiger partial charge in [-0.15, -0.1) is 10.2 Å². The molecular weight excluding hydrogens is 251 g/mol. The molecule has 4 nitrogen and oxygen atoms in total. The first-order valence-corrected chi connectivity index (χ1v) is 6.09. The number of para-hydroxylation sites is 1. The van der Waals surface area contributed by atoms with Crippen LogP contribution in [-0.4, -0.2) is 14.6 Å². The van der Waals surface area contributed by atoms with E-state index in [2.05, 4.69) is 10.2 Å². The molecule has 0 aliphatic carbocycles. The minimum atomic E-state index is -0.422. The van der Waals surface area contributed by atoms with Crippen LogP contribution in [0.1, 0.15) is 0 Å². The molecule has 0 radical (unpaired) electrons. The zero-order valence-electron chi connectivity index (χ0n) is 9.25. The molecule has 18 heavy (non-hydrogen) atoms. The monoisotopic (exact) mass is 260 g/mol. The first kappa shape index (κ1) is 11.0. The number of rotatable bonds is 2. The van der Waals surface area contributed by atoms with Crippen LogP contribution in [0, 0.1) is 5.82 Å². The molecule has 0 atom stereocenters. The molecule has 0 amide bonds. The summed E-state index contributed by atoms with van der Waals surface area (Å²) >= 11 is 1.29. The Morgan fingerprint density at radius 2 is 2.00 bits per heavy atom. The lowest BCUT2D eigenvalue weighted by molar-refractivity contribution is 0.629. The second-order valence-corrected chi connectivity index (χ2v) is 4.67. The standard InChI is InChI=1S/C12H9FN4S/c13-8-4-3-5-9(11(8)14)18-12-16-15-10-6-1-2-7-17(10)12/h1-7H,14H2. The molecular formula is C12H9FN4S. The summed E-state index contributed by atoms with van der Waals surface area (Å²) in [5.41, 5.74) is 6.57. The maximum Gasteiger partial charge on any atom is 0.200 e. The second-order valence-electron chi connectivity index (χ2n) is 3.67. The van der Waals surface area contributed by atoms with Gasteiger partial charge in [0.2, 0.25) is 5.16 Å². The Morgan fingerprint density at radius 1 is 1.11 bits per heavy atom. The normalized spacial score (nSPS) is 10.9. The number of pyridine rings is 1. The fourth-order valence-corrected chi connectivity index (χ4v) is 2.48. The van der Waals surface area contributed by atoms with E-state index in [1.165, 1.54) is 17.8 Å². The molecule has 2 aromatic heterocycles. The summed E-state index contributed by atoms with van der Waals surface area (Å²) in [7, 11) is 0. The molecule has 90 valence electrons. The number of anilines is 1. The zero-order valence-corrected chi connectivity index (χ0v) is 10.1. The molecule has 3 aromatic rings. The summed E-state index contributed by atoms with van der Waals surface area (Å²) in [6.07, 6.45) is 1.85. The number of nitrogens with zero attached hydrogens (tertiary/aromatic N) is 3. The van der Waals surface area contributed by atoms with Crippen molar-refractivity contribution in [2.24, 2.45) is 0 Å². The van der Waals surface area contributed by atoms with Gasteiger partial charge in [-0.2, -0.15) is 0 Å². The first-order valence-electron chi connectivity index (χ1n) is 5.27. The Labute approximate surface area is 107 Å². The number of aromatic nitrogens is 3. The van der Waals surface area contributed by atoms with Crippen molar-refractivity contribution in [3.8, 4) is 0 Å². The van der Waals surface area contributed by atoms with E-state index in [1.54, 1.807) is 12.1 Å². The van der Waals surface area contributed by atoms with Crippen molar-refractivity contribution in [2.45, 2.75) is 10.1 Å². The number of benzene rings is 1. The van der Waals surface area contributed by atoms with Crippen molar-refractivity contribution >= 4 is 23.1 Å². The van der Waals surface area contributed by atoms with Gasteiger partial charge in [-0.25, -0.2) is 4.39 Å². The number of nitrogens with two attached hydrogens (primary N) is 1. The Balaban J connectivity index is 2.04. The maximum absolute atomic E-state index is 13.3. The lowest BCUT2D eigenvalue weighted by atomic mass is 10.3. The second kappa shape index (κ2) is 4.30. The minimum Gasteiger partial charge on any atom is -0.395 e. The average Bonchev–Trinajstić information content (AvgIpc) is 2.79. The van der Waals surface area contributed by atoms with Crippen LogP contribution in [0.3, 0.4) is 0 Å². The quantitative estimate of drug-likeness (QED) is 0.720. The van der Waals surface area contributed by atoms with Crippen LogP contribution in [0.15, 0.2) is 52.6 Å². The lowest BCUT2D eigenvalue weighted by Crippen LogP contribution is -1.94. The van der Waals surface area contributed by atoms with Gasteiger partial charge < -0.3 is 5.73 Å². The van der Waals surface area contributed by atoms with Crippen molar-refractivity contribution < 1.29 is 4.39 Å². The van der Waals surface area contributed by atoms with E-state index in [9.17, 15) is 4.39 Å². The van der Waals surface area contributed by atoms with E-state index in [4.69, 9.17) is 5.73 Å². The van der Waals surface area contributed by atoms with E-state index in [0.29, 0.717) is 10.1 Å². The Kier molecular flexibility index (Phi) is 2.64. The molecule has 0 unspecified atom stereocenters. The molecule has 0 spiro atoms. The molecule has 0 saturated heterocycles. The molecule has 0 aliphatic rings. The minimum absolute atomic E-state index is 0.134. The van der Waals surface area contributed by atoms with Crippen molar-refractivity contribution in [3.63, 3.8) is 0 Å². The highest BCUT2D eigenvalue weighted by Gasteiger charge is 2.10. The van der Waals surface area contributed by atoms with Crippen LogP contribution >= 0.6 is 11.8 Å². The van der Waals surface area contributed by atoms with Crippen LogP contribution in [0.25, 0.3) is 5.65 Å². The summed E-state index contributed by atoms with van der Waals surface area (Å²) < 4.78 is 15.2. The molecule has 0 aliphatic heterocycles. The topological polar surface area (TPSA) is 56.2 Å². The first-order chi connectivity index (χ1) is 8.75. The highest BCUT2D eigenvalue weighted by molar-refractivity contribution is 7.99. The molecule has 2 heterocycles. The summed E-state index contributed by atoms with van der Waals surface area (Å²) in [6.45, 7) is 0. The zero-order chi connectivity index (χ0) is 12.5. The summed E-state index contributed by atoms with van der Waals surface area (Å²) in [6, 6.07) is 10.3. The number of hydrogen-bond acceptors (Lipinski definition) is 4. The Bertz CT molecular complexity index is 710.